The highest BCUT2D eigenvalue weighted by molar-refractivity contribution is 5.97. The number of benzene rings is 1. The normalized spacial score (nSPS) is 27.4. The van der Waals surface area contributed by atoms with E-state index < -0.39 is 0 Å². The van der Waals surface area contributed by atoms with Crippen molar-refractivity contribution in [1.82, 2.24) is 10.2 Å². The predicted octanol–water partition coefficient (Wildman–Crippen LogP) is 2.42. The van der Waals surface area contributed by atoms with Crippen LogP contribution in [0.15, 0.2) is 30.3 Å². The largest absolute Gasteiger partial charge is 0.343 e. The Hall–Kier alpha value is -1.88. The molecule has 0 bridgehead atoms. The van der Waals surface area contributed by atoms with E-state index in [0.717, 1.165) is 51.0 Å². The molecule has 1 N–H and O–H groups in total. The molecule has 136 valence electrons. The van der Waals surface area contributed by atoms with Gasteiger partial charge >= 0.3 is 0 Å². The van der Waals surface area contributed by atoms with Gasteiger partial charge in [-0.3, -0.25) is 9.59 Å². The Labute approximate surface area is 150 Å². The van der Waals surface area contributed by atoms with E-state index in [-0.39, 0.29) is 17.9 Å². The zero-order valence-corrected chi connectivity index (χ0v) is 15.3. The van der Waals surface area contributed by atoms with Crippen LogP contribution in [0, 0.1) is 5.92 Å². The van der Waals surface area contributed by atoms with E-state index in [1.807, 2.05) is 40.1 Å². The van der Waals surface area contributed by atoms with Gasteiger partial charge in [-0.15, -0.1) is 0 Å². The van der Waals surface area contributed by atoms with Gasteiger partial charge in [0.2, 0.25) is 11.8 Å². The van der Waals surface area contributed by atoms with Crippen molar-refractivity contribution in [1.29, 1.82) is 0 Å². The van der Waals surface area contributed by atoms with Crippen molar-refractivity contribution in [2.24, 2.45) is 5.92 Å². The Morgan fingerprint density at radius 2 is 1.96 bits per heavy atom. The van der Waals surface area contributed by atoms with Crippen LogP contribution >= 0.6 is 0 Å². The first-order valence-electron chi connectivity index (χ1n) is 9.48. The van der Waals surface area contributed by atoms with Crippen molar-refractivity contribution in [3.63, 3.8) is 0 Å². The quantitative estimate of drug-likeness (QED) is 0.913. The van der Waals surface area contributed by atoms with Gasteiger partial charge in [0.15, 0.2) is 0 Å². The minimum absolute atomic E-state index is 0.114. The van der Waals surface area contributed by atoms with E-state index in [9.17, 15) is 9.59 Å². The van der Waals surface area contributed by atoms with E-state index >= 15 is 0 Å². The molecule has 0 spiro atoms. The minimum atomic E-state index is -0.114. The van der Waals surface area contributed by atoms with Gasteiger partial charge in [-0.2, -0.15) is 0 Å². The van der Waals surface area contributed by atoms with Gasteiger partial charge in [0.25, 0.3) is 0 Å². The number of amides is 2. The maximum atomic E-state index is 13.0. The van der Waals surface area contributed by atoms with E-state index in [2.05, 4.69) is 12.2 Å². The van der Waals surface area contributed by atoms with Gasteiger partial charge in [-0.25, -0.2) is 0 Å². The molecule has 25 heavy (non-hydrogen) atoms. The Morgan fingerprint density at radius 3 is 2.64 bits per heavy atom. The third-order valence-electron chi connectivity index (χ3n) is 5.63. The summed E-state index contributed by atoms with van der Waals surface area (Å²) in [6.45, 7) is 6.19. The number of hydrogen-bond donors (Lipinski definition) is 1. The fraction of sp³-hybridized carbons (Fsp3) is 0.600. The molecular weight excluding hydrogens is 314 g/mol. The van der Waals surface area contributed by atoms with E-state index in [0.29, 0.717) is 12.0 Å². The maximum Gasteiger partial charge on any atom is 0.244 e. The molecule has 1 aromatic rings. The van der Waals surface area contributed by atoms with Gasteiger partial charge in [-0.05, 0) is 37.3 Å². The summed E-state index contributed by atoms with van der Waals surface area (Å²) < 4.78 is 0. The molecule has 5 heteroatoms. The Balaban J connectivity index is 1.65. The van der Waals surface area contributed by atoms with Crippen molar-refractivity contribution in [3.8, 4) is 0 Å². The predicted molar refractivity (Wildman–Crippen MR) is 99.4 cm³/mol. The summed E-state index contributed by atoms with van der Waals surface area (Å²) in [6.07, 6.45) is 3.85. The summed E-state index contributed by atoms with van der Waals surface area (Å²) in [5, 5.41) is 3.64. The molecule has 3 rings (SSSR count). The summed E-state index contributed by atoms with van der Waals surface area (Å²) >= 11 is 0. The van der Waals surface area contributed by atoms with Crippen molar-refractivity contribution in [2.75, 3.05) is 24.5 Å². The number of piperidine rings is 2. The lowest BCUT2D eigenvalue weighted by atomic mass is 9.88. The van der Waals surface area contributed by atoms with Gasteiger partial charge in [0, 0.05) is 38.3 Å². The van der Waals surface area contributed by atoms with Crippen LogP contribution < -0.4 is 10.2 Å². The van der Waals surface area contributed by atoms with E-state index in [1.165, 1.54) is 0 Å². The molecule has 0 unspecified atom stereocenters. The summed E-state index contributed by atoms with van der Waals surface area (Å²) in [7, 11) is 0. The molecule has 2 amide bonds. The summed E-state index contributed by atoms with van der Waals surface area (Å²) in [6, 6.07) is 10.1. The van der Waals surface area contributed by atoms with Gasteiger partial charge in [0.1, 0.15) is 0 Å². The number of para-hydroxylation sites is 1. The number of carbonyl (C=O) groups is 2. The van der Waals surface area contributed by atoms with Crippen LogP contribution in [0.25, 0.3) is 0 Å². The number of nitrogens with one attached hydrogen (secondary N) is 1. The maximum absolute atomic E-state index is 13.0. The summed E-state index contributed by atoms with van der Waals surface area (Å²) in [5.74, 6) is 0.750. The molecule has 0 aromatic heterocycles. The average molecular weight is 343 g/mol. The highest BCUT2D eigenvalue weighted by Crippen LogP contribution is 2.25. The van der Waals surface area contributed by atoms with E-state index in [4.69, 9.17) is 0 Å². The van der Waals surface area contributed by atoms with Crippen LogP contribution in [0.2, 0.25) is 0 Å². The second kappa shape index (κ2) is 8.00. The Bertz CT molecular complexity index is 604. The zero-order chi connectivity index (χ0) is 17.8. The summed E-state index contributed by atoms with van der Waals surface area (Å²) in [4.78, 5) is 28.5. The third-order valence-corrected chi connectivity index (χ3v) is 5.63. The molecule has 2 saturated heterocycles. The molecule has 1 aromatic carbocycles. The van der Waals surface area contributed by atoms with Gasteiger partial charge < -0.3 is 15.1 Å². The molecule has 2 fully saturated rings. The molecule has 0 radical (unpaired) electrons. The van der Waals surface area contributed by atoms with Crippen LogP contribution in [0.4, 0.5) is 5.69 Å². The van der Waals surface area contributed by atoms with Gasteiger partial charge in [-0.1, -0.05) is 31.5 Å². The first-order valence-corrected chi connectivity index (χ1v) is 9.48. The third kappa shape index (κ3) is 4.03. The Kier molecular flexibility index (Phi) is 5.74. The molecular formula is C20H29N3O2. The lowest BCUT2D eigenvalue weighted by molar-refractivity contribution is -0.131. The van der Waals surface area contributed by atoms with Crippen molar-refractivity contribution in [3.05, 3.63) is 30.3 Å². The molecule has 2 aliphatic heterocycles. The van der Waals surface area contributed by atoms with Crippen LogP contribution in [-0.2, 0) is 9.59 Å². The molecule has 2 heterocycles. The number of likely N-dealkylation sites (tertiary alicyclic amines) is 1. The average Bonchev–Trinajstić information content (AvgIpc) is 2.64. The van der Waals surface area contributed by atoms with Crippen molar-refractivity contribution in [2.45, 2.75) is 51.6 Å². The molecule has 0 aliphatic carbocycles. The minimum Gasteiger partial charge on any atom is -0.343 e. The monoisotopic (exact) mass is 343 g/mol. The topological polar surface area (TPSA) is 52.7 Å². The van der Waals surface area contributed by atoms with Crippen molar-refractivity contribution >= 4 is 17.5 Å². The highest BCUT2D eigenvalue weighted by atomic mass is 16.2. The van der Waals surface area contributed by atoms with E-state index in [1.54, 1.807) is 6.92 Å². The Morgan fingerprint density at radius 1 is 1.20 bits per heavy atom. The first kappa shape index (κ1) is 17.9. The van der Waals surface area contributed by atoms with Crippen LogP contribution in [0.5, 0.6) is 0 Å². The number of anilines is 1. The van der Waals surface area contributed by atoms with Crippen molar-refractivity contribution < 1.29 is 9.59 Å². The van der Waals surface area contributed by atoms with Gasteiger partial charge in [0.05, 0.1) is 6.04 Å². The van der Waals surface area contributed by atoms with Crippen LogP contribution in [-0.4, -0.2) is 48.4 Å². The first-order chi connectivity index (χ1) is 12.1. The SMILES string of the molecule is CC[C@@H]1CN(C(C)=O)CC[C@@H]1N[C@@H]1CCCN(c2ccccc2)C1=O. The fourth-order valence-corrected chi connectivity index (χ4v) is 4.10. The second-order valence-corrected chi connectivity index (χ2v) is 7.22. The number of carbonyl (C=O) groups excluding carboxylic acids is 2. The number of hydrogen-bond acceptors (Lipinski definition) is 3. The zero-order valence-electron chi connectivity index (χ0n) is 15.3. The number of rotatable bonds is 4. The molecule has 3 atom stereocenters. The standard InChI is InChI=1S/C20H29N3O2/c1-3-16-14-22(15(2)24)13-11-18(16)21-19-10-7-12-23(20(19)25)17-8-5-4-6-9-17/h4-6,8-9,16,18-19,21H,3,7,10-14H2,1-2H3/t16-,18+,19-/m1/s1. The number of nitrogens with zero attached hydrogens (tertiary/aromatic N) is 2. The second-order valence-electron chi connectivity index (χ2n) is 7.22. The highest BCUT2D eigenvalue weighted by Gasteiger charge is 2.35. The summed E-state index contributed by atoms with van der Waals surface area (Å²) in [5.41, 5.74) is 0.984. The molecule has 5 nitrogen and oxygen atoms in total. The lowest BCUT2D eigenvalue weighted by Crippen LogP contribution is -2.58. The smallest absolute Gasteiger partial charge is 0.244 e. The lowest BCUT2D eigenvalue weighted by Gasteiger charge is -2.41. The molecule has 2 aliphatic rings. The molecule has 0 saturated carbocycles. The fourth-order valence-electron chi connectivity index (χ4n) is 4.10. The van der Waals surface area contributed by atoms with Crippen LogP contribution in [0.3, 0.4) is 0 Å². The van der Waals surface area contributed by atoms with Crippen LogP contribution in [0.1, 0.15) is 39.5 Å².